The van der Waals surface area contributed by atoms with Crippen LogP contribution in [0.1, 0.15) is 70.3 Å². The fourth-order valence-corrected chi connectivity index (χ4v) is 2.38. The second kappa shape index (κ2) is 12.4. The van der Waals surface area contributed by atoms with Crippen molar-refractivity contribution < 1.29 is 9.53 Å². The van der Waals surface area contributed by atoms with Gasteiger partial charge in [-0.3, -0.25) is 4.79 Å². The molecule has 2 heteroatoms. The van der Waals surface area contributed by atoms with Crippen LogP contribution in [0.15, 0.2) is 30.3 Å². The SMILES string of the molecule is CCCCCCCC(=O)OCCCCCc1ccccc1. The Labute approximate surface area is 129 Å². The molecule has 1 aromatic rings. The third-order valence-electron chi connectivity index (χ3n) is 3.70. The van der Waals surface area contributed by atoms with E-state index in [1.807, 2.05) is 6.07 Å². The highest BCUT2D eigenvalue weighted by atomic mass is 16.5. The maximum Gasteiger partial charge on any atom is 0.305 e. The second-order valence-corrected chi connectivity index (χ2v) is 5.68. The minimum Gasteiger partial charge on any atom is -0.466 e. The zero-order valence-corrected chi connectivity index (χ0v) is 13.5. The highest BCUT2D eigenvalue weighted by Gasteiger charge is 2.02. The minimum absolute atomic E-state index is 0.0189. The van der Waals surface area contributed by atoms with Crippen molar-refractivity contribution in [2.75, 3.05) is 6.61 Å². The first-order valence-electron chi connectivity index (χ1n) is 8.52. The first-order chi connectivity index (χ1) is 10.3. The summed E-state index contributed by atoms with van der Waals surface area (Å²) in [5.74, 6) is -0.0189. The molecule has 118 valence electrons. The summed E-state index contributed by atoms with van der Waals surface area (Å²) in [6.45, 7) is 2.79. The molecule has 2 nitrogen and oxygen atoms in total. The summed E-state index contributed by atoms with van der Waals surface area (Å²) in [6, 6.07) is 10.5. The molecule has 0 radical (unpaired) electrons. The summed E-state index contributed by atoms with van der Waals surface area (Å²) < 4.78 is 5.26. The number of carbonyl (C=O) groups excluding carboxylic acids is 1. The lowest BCUT2D eigenvalue weighted by molar-refractivity contribution is -0.143. The normalized spacial score (nSPS) is 10.5. The first-order valence-corrected chi connectivity index (χ1v) is 8.52. The summed E-state index contributed by atoms with van der Waals surface area (Å²) in [5.41, 5.74) is 1.39. The molecule has 0 aromatic heterocycles. The molecule has 0 unspecified atom stereocenters. The molecule has 1 rings (SSSR count). The molecule has 0 heterocycles. The fourth-order valence-electron chi connectivity index (χ4n) is 2.38. The zero-order chi connectivity index (χ0) is 15.2. The van der Waals surface area contributed by atoms with Crippen LogP contribution >= 0.6 is 0 Å². The molecular formula is C19H30O2. The number of aryl methyl sites for hydroxylation is 1. The average molecular weight is 290 g/mol. The van der Waals surface area contributed by atoms with Crippen molar-refractivity contribution in [1.29, 1.82) is 0 Å². The number of hydrogen-bond acceptors (Lipinski definition) is 2. The van der Waals surface area contributed by atoms with E-state index in [1.165, 1.54) is 31.2 Å². The van der Waals surface area contributed by atoms with Gasteiger partial charge in [0.05, 0.1) is 6.61 Å². The summed E-state index contributed by atoms with van der Waals surface area (Å²) >= 11 is 0. The van der Waals surface area contributed by atoms with E-state index in [0.29, 0.717) is 13.0 Å². The number of unbranched alkanes of at least 4 members (excludes halogenated alkanes) is 6. The Morgan fingerprint density at radius 1 is 0.905 bits per heavy atom. The highest BCUT2D eigenvalue weighted by molar-refractivity contribution is 5.69. The van der Waals surface area contributed by atoms with Gasteiger partial charge in [-0.1, -0.05) is 62.9 Å². The predicted molar refractivity (Wildman–Crippen MR) is 88.3 cm³/mol. The Balaban J connectivity index is 1.88. The Kier molecular flexibility index (Phi) is 10.5. The molecule has 0 saturated carbocycles. The molecule has 0 N–H and O–H groups in total. The summed E-state index contributed by atoms with van der Waals surface area (Å²) in [4.78, 5) is 11.5. The van der Waals surface area contributed by atoms with E-state index in [2.05, 4.69) is 31.2 Å². The fraction of sp³-hybridized carbons (Fsp3) is 0.632. The molecule has 0 spiro atoms. The standard InChI is InChI=1S/C19H30O2/c1-2-3-4-5-11-16-19(20)21-17-12-7-10-15-18-13-8-6-9-14-18/h6,8-9,13-14H,2-5,7,10-12,15-17H2,1H3. The van der Waals surface area contributed by atoms with Crippen molar-refractivity contribution in [3.63, 3.8) is 0 Å². The van der Waals surface area contributed by atoms with E-state index in [9.17, 15) is 4.79 Å². The highest BCUT2D eigenvalue weighted by Crippen LogP contribution is 2.08. The molecule has 0 atom stereocenters. The largest absolute Gasteiger partial charge is 0.466 e. The average Bonchev–Trinajstić information content (AvgIpc) is 2.51. The number of benzene rings is 1. The van der Waals surface area contributed by atoms with Crippen LogP contribution in [0.25, 0.3) is 0 Å². The smallest absolute Gasteiger partial charge is 0.305 e. The predicted octanol–water partition coefficient (Wildman–Crippen LogP) is 5.30. The molecule has 0 aliphatic heterocycles. The Bertz CT molecular complexity index is 359. The summed E-state index contributed by atoms with van der Waals surface area (Å²) in [7, 11) is 0. The lowest BCUT2D eigenvalue weighted by atomic mass is 10.1. The van der Waals surface area contributed by atoms with Gasteiger partial charge >= 0.3 is 5.97 Å². The van der Waals surface area contributed by atoms with Crippen molar-refractivity contribution in [1.82, 2.24) is 0 Å². The van der Waals surface area contributed by atoms with Crippen LogP contribution in [0.2, 0.25) is 0 Å². The number of rotatable bonds is 12. The number of carbonyl (C=O) groups is 1. The number of esters is 1. The quantitative estimate of drug-likeness (QED) is 0.385. The zero-order valence-electron chi connectivity index (χ0n) is 13.5. The van der Waals surface area contributed by atoms with Gasteiger partial charge in [0.2, 0.25) is 0 Å². The van der Waals surface area contributed by atoms with Crippen molar-refractivity contribution >= 4 is 5.97 Å². The van der Waals surface area contributed by atoms with Crippen LogP contribution in [0.5, 0.6) is 0 Å². The van der Waals surface area contributed by atoms with Crippen LogP contribution in [0.3, 0.4) is 0 Å². The molecule has 1 aromatic carbocycles. The van der Waals surface area contributed by atoms with Gasteiger partial charge in [0.25, 0.3) is 0 Å². The molecule has 0 saturated heterocycles. The van der Waals surface area contributed by atoms with E-state index >= 15 is 0 Å². The van der Waals surface area contributed by atoms with Gasteiger partial charge in [0.15, 0.2) is 0 Å². The molecule has 0 aliphatic carbocycles. The monoisotopic (exact) mass is 290 g/mol. The van der Waals surface area contributed by atoms with Crippen molar-refractivity contribution in [2.45, 2.75) is 71.1 Å². The van der Waals surface area contributed by atoms with E-state index in [4.69, 9.17) is 4.74 Å². The number of ether oxygens (including phenoxy) is 1. The van der Waals surface area contributed by atoms with Crippen molar-refractivity contribution in [3.8, 4) is 0 Å². The molecule has 21 heavy (non-hydrogen) atoms. The van der Waals surface area contributed by atoms with Crippen molar-refractivity contribution in [2.24, 2.45) is 0 Å². The van der Waals surface area contributed by atoms with Gasteiger partial charge in [0.1, 0.15) is 0 Å². The van der Waals surface area contributed by atoms with E-state index in [1.54, 1.807) is 0 Å². The number of hydrogen-bond donors (Lipinski definition) is 0. The maximum atomic E-state index is 11.5. The van der Waals surface area contributed by atoms with Gasteiger partial charge < -0.3 is 4.74 Å². The van der Waals surface area contributed by atoms with Gasteiger partial charge in [-0.2, -0.15) is 0 Å². The molecule has 0 amide bonds. The Morgan fingerprint density at radius 2 is 1.62 bits per heavy atom. The summed E-state index contributed by atoms with van der Waals surface area (Å²) in [5, 5.41) is 0. The van der Waals surface area contributed by atoms with E-state index in [-0.39, 0.29) is 5.97 Å². The molecular weight excluding hydrogens is 260 g/mol. The lowest BCUT2D eigenvalue weighted by Gasteiger charge is -2.05. The van der Waals surface area contributed by atoms with Crippen LogP contribution in [0.4, 0.5) is 0 Å². The van der Waals surface area contributed by atoms with Gasteiger partial charge in [0, 0.05) is 6.42 Å². The minimum atomic E-state index is -0.0189. The third-order valence-corrected chi connectivity index (χ3v) is 3.70. The van der Waals surface area contributed by atoms with Gasteiger partial charge in [-0.25, -0.2) is 0 Å². The topological polar surface area (TPSA) is 26.3 Å². The van der Waals surface area contributed by atoms with Crippen LogP contribution < -0.4 is 0 Å². The molecule has 0 fully saturated rings. The molecule has 0 bridgehead atoms. The van der Waals surface area contributed by atoms with Crippen LogP contribution in [-0.4, -0.2) is 12.6 Å². The first kappa shape index (κ1) is 17.7. The summed E-state index contributed by atoms with van der Waals surface area (Å²) in [6.07, 6.45) is 10.9. The lowest BCUT2D eigenvalue weighted by Crippen LogP contribution is -2.05. The van der Waals surface area contributed by atoms with Crippen LogP contribution in [0, 0.1) is 0 Å². The Morgan fingerprint density at radius 3 is 2.38 bits per heavy atom. The van der Waals surface area contributed by atoms with Gasteiger partial charge in [-0.05, 0) is 37.7 Å². The van der Waals surface area contributed by atoms with Gasteiger partial charge in [-0.15, -0.1) is 0 Å². The van der Waals surface area contributed by atoms with Crippen molar-refractivity contribution in [3.05, 3.63) is 35.9 Å². The second-order valence-electron chi connectivity index (χ2n) is 5.68. The van der Waals surface area contributed by atoms with E-state index in [0.717, 1.165) is 32.1 Å². The van der Waals surface area contributed by atoms with Crippen LogP contribution in [-0.2, 0) is 16.0 Å². The third kappa shape index (κ3) is 10.1. The maximum absolute atomic E-state index is 11.5. The van der Waals surface area contributed by atoms with E-state index < -0.39 is 0 Å². The Hall–Kier alpha value is -1.31. The molecule has 0 aliphatic rings.